The molecule has 0 saturated heterocycles. The Balaban J connectivity index is 1.48. The van der Waals surface area contributed by atoms with E-state index in [2.05, 4.69) is 25.7 Å². The van der Waals surface area contributed by atoms with Crippen LogP contribution in [0.5, 0.6) is 0 Å². The zero-order valence-corrected chi connectivity index (χ0v) is 19.3. The largest absolute Gasteiger partial charge is 0.345 e. The van der Waals surface area contributed by atoms with Crippen molar-refractivity contribution in [2.75, 3.05) is 5.32 Å². The van der Waals surface area contributed by atoms with Crippen molar-refractivity contribution in [3.8, 4) is 22.5 Å². The number of aromatic nitrogens is 4. The van der Waals surface area contributed by atoms with E-state index in [1.165, 1.54) is 6.07 Å². The van der Waals surface area contributed by atoms with Gasteiger partial charge in [-0.15, -0.1) is 0 Å². The Bertz CT molecular complexity index is 1420. The van der Waals surface area contributed by atoms with Crippen molar-refractivity contribution in [1.29, 1.82) is 0 Å². The van der Waals surface area contributed by atoms with Gasteiger partial charge >= 0.3 is 0 Å². The zero-order chi connectivity index (χ0) is 24.0. The number of benzene rings is 2. The molecule has 1 unspecified atom stereocenters. The molecule has 1 amide bonds. The van der Waals surface area contributed by atoms with Crippen LogP contribution in [0.2, 0.25) is 6.82 Å². The molecule has 9 heteroatoms. The molecule has 1 aliphatic rings. The van der Waals surface area contributed by atoms with Gasteiger partial charge in [-0.25, -0.2) is 4.39 Å². The van der Waals surface area contributed by atoms with Gasteiger partial charge in [0.2, 0.25) is 5.95 Å². The van der Waals surface area contributed by atoms with Gasteiger partial charge in [0.25, 0.3) is 13.3 Å². The molecule has 1 radical (unpaired) electrons. The van der Waals surface area contributed by atoms with Crippen LogP contribution in [0.25, 0.3) is 22.5 Å². The normalized spacial score (nSPS) is 14.6. The highest BCUT2D eigenvalue weighted by Crippen LogP contribution is 2.32. The molecular formula is C25H23BFN6O. The van der Waals surface area contributed by atoms with Crippen molar-refractivity contribution in [3.05, 3.63) is 76.9 Å². The molecule has 0 bridgehead atoms. The lowest BCUT2D eigenvalue weighted by molar-refractivity contribution is 0.0958. The lowest BCUT2D eigenvalue weighted by Gasteiger charge is -2.09. The highest BCUT2D eigenvalue weighted by molar-refractivity contribution is 6.32. The molecular weight excluding hydrogens is 430 g/mol. The smallest absolute Gasteiger partial charge is 0.281 e. The van der Waals surface area contributed by atoms with Crippen molar-refractivity contribution < 1.29 is 9.18 Å². The molecule has 1 atom stereocenters. The van der Waals surface area contributed by atoms with Crippen LogP contribution in [0.15, 0.2) is 48.7 Å². The molecule has 3 heterocycles. The number of anilines is 2. The molecule has 0 fully saturated rings. The second-order valence-corrected chi connectivity index (χ2v) is 8.42. The summed E-state index contributed by atoms with van der Waals surface area (Å²) < 4.78 is 16.8. The fourth-order valence-electron chi connectivity index (χ4n) is 4.18. The van der Waals surface area contributed by atoms with Gasteiger partial charge in [-0.05, 0) is 73.9 Å². The summed E-state index contributed by atoms with van der Waals surface area (Å²) in [6.07, 6.45) is 1.75. The molecule has 0 saturated carbocycles. The summed E-state index contributed by atoms with van der Waals surface area (Å²) in [6, 6.07) is 12.6. The number of rotatable bonds is 5. The molecule has 1 aliphatic heterocycles. The molecule has 0 spiro atoms. The van der Waals surface area contributed by atoms with Gasteiger partial charge in [0, 0.05) is 28.7 Å². The van der Waals surface area contributed by atoms with Crippen molar-refractivity contribution in [3.63, 3.8) is 0 Å². The first-order valence-corrected chi connectivity index (χ1v) is 11.1. The van der Waals surface area contributed by atoms with Crippen molar-refractivity contribution in [1.82, 2.24) is 25.0 Å². The van der Waals surface area contributed by atoms with E-state index < -0.39 is 5.82 Å². The van der Waals surface area contributed by atoms with Crippen LogP contribution in [0, 0.1) is 19.7 Å². The Hall–Kier alpha value is -4.01. The molecule has 5 rings (SSSR count). The Morgan fingerprint density at radius 1 is 1.09 bits per heavy atom. The highest BCUT2D eigenvalue weighted by Gasteiger charge is 2.25. The third-order valence-corrected chi connectivity index (χ3v) is 6.02. The first-order valence-electron chi connectivity index (χ1n) is 11.1. The average Bonchev–Trinajstić information content (AvgIpc) is 3.35. The summed E-state index contributed by atoms with van der Waals surface area (Å²) in [6.45, 7) is 7.61. The van der Waals surface area contributed by atoms with Gasteiger partial charge in [-0.1, -0.05) is 12.9 Å². The fraction of sp³-hybridized carbons (Fsp3) is 0.200. The van der Waals surface area contributed by atoms with E-state index in [-0.39, 0.29) is 17.8 Å². The van der Waals surface area contributed by atoms with E-state index in [1.54, 1.807) is 30.3 Å². The average molecular weight is 453 g/mol. The fourth-order valence-corrected chi connectivity index (χ4v) is 4.18. The number of nitrogens with zero attached hydrogens (tertiary/aromatic N) is 4. The number of fused-ring (bicyclic) bond motifs is 1. The quantitative estimate of drug-likeness (QED) is 0.423. The van der Waals surface area contributed by atoms with Gasteiger partial charge < -0.3 is 10.6 Å². The van der Waals surface area contributed by atoms with Crippen LogP contribution in [-0.4, -0.2) is 33.0 Å². The minimum atomic E-state index is -0.406. The molecule has 169 valence electrons. The minimum absolute atomic E-state index is 0.0604. The van der Waals surface area contributed by atoms with Gasteiger partial charge in [0.1, 0.15) is 5.82 Å². The zero-order valence-electron chi connectivity index (χ0n) is 19.3. The number of hydrogen-bond donors (Lipinski definition) is 2. The van der Waals surface area contributed by atoms with Gasteiger partial charge in [-0.3, -0.25) is 14.4 Å². The lowest BCUT2D eigenvalue weighted by Crippen LogP contribution is -2.16. The van der Waals surface area contributed by atoms with Crippen LogP contribution in [0.4, 0.5) is 16.0 Å². The van der Waals surface area contributed by atoms with Gasteiger partial charge in [0.15, 0.2) is 5.82 Å². The maximum atomic E-state index is 15.2. The van der Waals surface area contributed by atoms with Crippen LogP contribution in [-0.2, 0) is 0 Å². The SMILES string of the molecule is C[B]n1nc(-c2cc(C)c(-c3ccc(C)nc3)cc2F)nc1Nc1ccc2c(c1)C(C)NC2=O. The number of hydrogen-bond acceptors (Lipinski definition) is 5. The molecule has 2 aromatic carbocycles. The molecule has 2 N–H and O–H groups in total. The lowest BCUT2D eigenvalue weighted by atomic mass is 9.98. The van der Waals surface area contributed by atoms with E-state index in [0.717, 1.165) is 33.6 Å². The summed E-state index contributed by atoms with van der Waals surface area (Å²) in [4.78, 5) is 20.9. The molecule has 4 aromatic rings. The summed E-state index contributed by atoms with van der Waals surface area (Å²) >= 11 is 0. The van der Waals surface area contributed by atoms with Crippen molar-refractivity contribution in [2.24, 2.45) is 0 Å². The van der Waals surface area contributed by atoms with Crippen molar-refractivity contribution in [2.45, 2.75) is 33.6 Å². The third kappa shape index (κ3) is 3.83. The molecule has 0 aliphatic carbocycles. The minimum Gasteiger partial charge on any atom is -0.345 e. The predicted octanol–water partition coefficient (Wildman–Crippen LogP) is 4.83. The number of pyridine rings is 1. The Morgan fingerprint density at radius 2 is 1.91 bits per heavy atom. The monoisotopic (exact) mass is 453 g/mol. The van der Waals surface area contributed by atoms with Gasteiger partial charge in [-0.2, -0.15) is 10.1 Å². The Morgan fingerprint density at radius 3 is 2.65 bits per heavy atom. The summed E-state index contributed by atoms with van der Waals surface area (Å²) in [5.74, 6) is 0.251. The number of halogens is 1. The number of amides is 1. The van der Waals surface area contributed by atoms with Gasteiger partial charge in [0.05, 0.1) is 11.6 Å². The molecule has 2 aromatic heterocycles. The summed E-state index contributed by atoms with van der Waals surface area (Å²) in [5.41, 5.74) is 6.13. The predicted molar refractivity (Wildman–Crippen MR) is 131 cm³/mol. The van der Waals surface area contributed by atoms with Crippen LogP contribution in [0.3, 0.4) is 0 Å². The number of carbonyl (C=O) groups is 1. The van der Waals surface area contributed by atoms with E-state index >= 15 is 4.39 Å². The summed E-state index contributed by atoms with van der Waals surface area (Å²) in [5, 5.41) is 10.6. The summed E-state index contributed by atoms with van der Waals surface area (Å²) in [7, 11) is 1.75. The molecule has 7 nitrogen and oxygen atoms in total. The van der Waals surface area contributed by atoms with E-state index in [1.807, 2.05) is 51.9 Å². The molecule has 34 heavy (non-hydrogen) atoms. The second kappa shape index (κ2) is 8.41. The second-order valence-electron chi connectivity index (χ2n) is 8.42. The van der Waals surface area contributed by atoms with Crippen LogP contribution >= 0.6 is 0 Å². The maximum absolute atomic E-state index is 15.2. The third-order valence-electron chi connectivity index (χ3n) is 6.02. The Labute approximate surface area is 197 Å². The van der Waals surface area contributed by atoms with Crippen molar-refractivity contribution >= 4 is 25.0 Å². The number of aryl methyl sites for hydroxylation is 2. The first kappa shape index (κ1) is 21.8. The number of carbonyl (C=O) groups excluding carboxylic acids is 1. The van der Waals surface area contributed by atoms with E-state index in [0.29, 0.717) is 17.1 Å². The first-order chi connectivity index (χ1) is 16.3. The van der Waals surface area contributed by atoms with E-state index in [9.17, 15) is 4.79 Å². The maximum Gasteiger partial charge on any atom is 0.281 e. The standard InChI is InChI=1S/C25H23BFN6O/c1-13-9-21(22(27)11-19(13)16-6-5-14(2)28-12-16)23-31-25(33(26-4)32-23)30-17-7-8-18-20(10-17)15(3)29-24(18)34/h5-12,15H,1-4H3,(H,29,34)(H,30,31,32). The highest BCUT2D eigenvalue weighted by atomic mass is 19.1. The van der Waals surface area contributed by atoms with Crippen LogP contribution < -0.4 is 10.6 Å². The Kier molecular flexibility index (Phi) is 5.39. The van der Waals surface area contributed by atoms with Crippen LogP contribution in [0.1, 0.15) is 40.1 Å². The topological polar surface area (TPSA) is 84.7 Å². The van der Waals surface area contributed by atoms with E-state index in [4.69, 9.17) is 0 Å². The number of nitrogens with one attached hydrogen (secondary N) is 2.